The summed E-state index contributed by atoms with van der Waals surface area (Å²) in [5.41, 5.74) is 2.05. The molecule has 1 N–H and O–H groups in total. The van der Waals surface area contributed by atoms with Gasteiger partial charge in [-0.3, -0.25) is 0 Å². The average Bonchev–Trinajstić information content (AvgIpc) is 3.12. The first kappa shape index (κ1) is 23.2. The molecule has 2 heterocycles. The lowest BCUT2D eigenvalue weighted by Crippen LogP contribution is -3.00. The van der Waals surface area contributed by atoms with Gasteiger partial charge in [-0.1, -0.05) is 35.5 Å². The van der Waals surface area contributed by atoms with E-state index >= 15 is 0 Å². The van der Waals surface area contributed by atoms with Crippen LogP contribution in [-0.2, 0) is 20.2 Å². The summed E-state index contributed by atoms with van der Waals surface area (Å²) >= 11 is 7.41. The number of hydrogen-bond donors (Lipinski definition) is 1. The third-order valence-electron chi connectivity index (χ3n) is 3.83. The van der Waals surface area contributed by atoms with Gasteiger partial charge in [-0.05, 0) is 34.2 Å². The van der Waals surface area contributed by atoms with Crippen molar-refractivity contribution in [3.63, 3.8) is 0 Å². The van der Waals surface area contributed by atoms with Crippen molar-refractivity contribution in [3.8, 4) is 11.5 Å². The standard InChI is InChI=1S/C18H21ClN6O2S.ClH/c1-25-18(22-23-24-25)28-8-7-20-10-13-3-5-15(16(9-13)26-2)27-12-14-4-6-17(19)21-11-14;/h3-6,9,11,20H,7-8,10,12H2,1-2H3;1H/p-1. The largest absolute Gasteiger partial charge is 1.00 e. The fourth-order valence-corrected chi connectivity index (χ4v) is 3.24. The van der Waals surface area contributed by atoms with Crippen LogP contribution in [0.25, 0.3) is 0 Å². The second-order valence-corrected chi connectivity index (χ2v) is 7.32. The normalized spacial score (nSPS) is 10.4. The van der Waals surface area contributed by atoms with E-state index in [1.54, 1.807) is 35.8 Å². The van der Waals surface area contributed by atoms with E-state index < -0.39 is 0 Å². The van der Waals surface area contributed by atoms with E-state index in [9.17, 15) is 0 Å². The van der Waals surface area contributed by atoms with E-state index in [0.29, 0.717) is 23.3 Å². The van der Waals surface area contributed by atoms with E-state index in [4.69, 9.17) is 21.1 Å². The molecule has 0 aliphatic heterocycles. The van der Waals surface area contributed by atoms with Crippen molar-refractivity contribution < 1.29 is 21.9 Å². The Morgan fingerprint density at radius 3 is 2.69 bits per heavy atom. The van der Waals surface area contributed by atoms with Gasteiger partial charge < -0.3 is 27.2 Å². The summed E-state index contributed by atoms with van der Waals surface area (Å²) in [5, 5.41) is 16.0. The van der Waals surface area contributed by atoms with Gasteiger partial charge in [-0.25, -0.2) is 9.67 Å². The van der Waals surface area contributed by atoms with Crippen LogP contribution in [-0.4, -0.2) is 44.6 Å². The fraction of sp³-hybridized carbons (Fsp3) is 0.333. The molecule has 0 amide bonds. The van der Waals surface area contributed by atoms with Gasteiger partial charge in [-0.15, -0.1) is 5.10 Å². The summed E-state index contributed by atoms with van der Waals surface area (Å²) in [5.74, 6) is 2.26. The van der Waals surface area contributed by atoms with Crippen molar-refractivity contribution in [2.24, 2.45) is 7.05 Å². The highest BCUT2D eigenvalue weighted by Crippen LogP contribution is 2.29. The van der Waals surface area contributed by atoms with Gasteiger partial charge in [0, 0.05) is 37.7 Å². The minimum Gasteiger partial charge on any atom is -1.00 e. The van der Waals surface area contributed by atoms with Crippen LogP contribution in [0.3, 0.4) is 0 Å². The molecule has 29 heavy (non-hydrogen) atoms. The first-order valence-corrected chi connectivity index (χ1v) is 9.98. The molecule has 3 rings (SSSR count). The second-order valence-electron chi connectivity index (χ2n) is 5.87. The van der Waals surface area contributed by atoms with E-state index in [1.165, 1.54) is 0 Å². The highest BCUT2D eigenvalue weighted by Gasteiger charge is 2.07. The Bertz CT molecular complexity index is 894. The summed E-state index contributed by atoms with van der Waals surface area (Å²) in [4.78, 5) is 4.05. The zero-order valence-electron chi connectivity index (χ0n) is 16.0. The lowest BCUT2D eigenvalue weighted by Gasteiger charge is -2.12. The molecule has 3 aromatic rings. The van der Waals surface area contributed by atoms with Crippen LogP contribution in [0.1, 0.15) is 11.1 Å². The number of aromatic nitrogens is 5. The molecule has 0 bridgehead atoms. The summed E-state index contributed by atoms with van der Waals surface area (Å²) < 4.78 is 13.0. The zero-order valence-corrected chi connectivity index (χ0v) is 18.3. The molecule has 0 spiro atoms. The lowest BCUT2D eigenvalue weighted by molar-refractivity contribution is -0.00000648. The number of hydrogen-bond acceptors (Lipinski definition) is 8. The van der Waals surface area contributed by atoms with E-state index in [0.717, 1.165) is 35.1 Å². The number of tetrazole rings is 1. The van der Waals surface area contributed by atoms with E-state index in [1.807, 2.05) is 31.3 Å². The van der Waals surface area contributed by atoms with Crippen LogP contribution in [0.5, 0.6) is 11.5 Å². The Balaban J connectivity index is 0.00000300. The topological polar surface area (TPSA) is 87.0 Å². The maximum absolute atomic E-state index is 5.85. The maximum atomic E-state index is 5.85. The molecule has 156 valence electrons. The van der Waals surface area contributed by atoms with Gasteiger partial charge in [0.2, 0.25) is 5.16 Å². The van der Waals surface area contributed by atoms with E-state index in [-0.39, 0.29) is 12.4 Å². The highest BCUT2D eigenvalue weighted by molar-refractivity contribution is 7.99. The van der Waals surface area contributed by atoms with Crippen molar-refractivity contribution in [2.75, 3.05) is 19.4 Å². The number of thioether (sulfide) groups is 1. The number of halogens is 2. The Morgan fingerprint density at radius 1 is 1.17 bits per heavy atom. The molecule has 2 aromatic heterocycles. The number of rotatable bonds is 10. The summed E-state index contributed by atoms with van der Waals surface area (Å²) in [6, 6.07) is 9.53. The Morgan fingerprint density at radius 2 is 2.00 bits per heavy atom. The van der Waals surface area contributed by atoms with Gasteiger partial charge in [0.15, 0.2) is 11.5 Å². The van der Waals surface area contributed by atoms with Crippen LogP contribution in [0.2, 0.25) is 5.15 Å². The molecule has 8 nitrogen and oxygen atoms in total. The molecule has 0 saturated carbocycles. The Hall–Kier alpha value is -2.07. The smallest absolute Gasteiger partial charge is 0.209 e. The number of benzene rings is 1. The highest BCUT2D eigenvalue weighted by atomic mass is 35.5. The monoisotopic (exact) mass is 455 g/mol. The number of aryl methyl sites for hydroxylation is 1. The first-order chi connectivity index (χ1) is 13.7. The van der Waals surface area contributed by atoms with Gasteiger partial charge >= 0.3 is 0 Å². The minimum atomic E-state index is 0. The first-order valence-electron chi connectivity index (χ1n) is 8.61. The molecular weight excluding hydrogens is 435 g/mol. The fourth-order valence-electron chi connectivity index (χ4n) is 2.38. The summed E-state index contributed by atoms with van der Waals surface area (Å²) in [7, 11) is 3.46. The number of methoxy groups -OCH3 is 1. The number of nitrogens with zero attached hydrogens (tertiary/aromatic N) is 5. The van der Waals surface area contributed by atoms with Crippen LogP contribution in [0.4, 0.5) is 0 Å². The molecule has 0 aliphatic carbocycles. The number of pyridine rings is 1. The van der Waals surface area contributed by atoms with Crippen molar-refractivity contribution in [3.05, 3.63) is 52.8 Å². The Labute approximate surface area is 184 Å². The predicted octanol–water partition coefficient (Wildman–Crippen LogP) is -0.268. The maximum Gasteiger partial charge on any atom is 0.209 e. The Kier molecular flexibility index (Phi) is 9.46. The zero-order chi connectivity index (χ0) is 19.8. The molecule has 0 unspecified atom stereocenters. The van der Waals surface area contributed by atoms with Gasteiger partial charge in [0.1, 0.15) is 11.8 Å². The van der Waals surface area contributed by atoms with Crippen molar-refractivity contribution in [2.45, 2.75) is 18.3 Å². The predicted molar refractivity (Wildman–Crippen MR) is 108 cm³/mol. The quantitative estimate of drug-likeness (QED) is 0.254. The molecule has 0 fully saturated rings. The number of ether oxygens (including phenoxy) is 2. The molecule has 0 aliphatic rings. The average molecular weight is 456 g/mol. The van der Waals surface area contributed by atoms with Gasteiger partial charge in [0.25, 0.3) is 0 Å². The third-order valence-corrected chi connectivity index (χ3v) is 5.07. The van der Waals surface area contributed by atoms with Crippen molar-refractivity contribution in [1.82, 2.24) is 30.5 Å². The van der Waals surface area contributed by atoms with Crippen LogP contribution >= 0.6 is 23.4 Å². The molecule has 0 atom stereocenters. The molecular formula is C18H21Cl2N6O2S-. The summed E-state index contributed by atoms with van der Waals surface area (Å²) in [6.07, 6.45) is 1.70. The molecule has 1 aromatic carbocycles. The van der Waals surface area contributed by atoms with Crippen molar-refractivity contribution in [1.29, 1.82) is 0 Å². The van der Waals surface area contributed by atoms with E-state index in [2.05, 4.69) is 25.8 Å². The molecule has 0 radical (unpaired) electrons. The summed E-state index contributed by atoms with van der Waals surface area (Å²) in [6.45, 7) is 1.96. The van der Waals surface area contributed by atoms with Gasteiger partial charge in [-0.2, -0.15) is 0 Å². The molecule has 0 saturated heterocycles. The van der Waals surface area contributed by atoms with Crippen LogP contribution in [0, 0.1) is 0 Å². The lowest BCUT2D eigenvalue weighted by atomic mass is 10.2. The SMILES string of the molecule is COc1cc(CNCCSc2nnnn2C)ccc1OCc1ccc(Cl)nc1.[Cl-]. The minimum absolute atomic E-state index is 0. The van der Waals surface area contributed by atoms with Crippen molar-refractivity contribution >= 4 is 23.4 Å². The van der Waals surface area contributed by atoms with Crippen LogP contribution < -0.4 is 27.2 Å². The second kappa shape index (κ2) is 11.8. The van der Waals surface area contributed by atoms with Gasteiger partial charge in [0.05, 0.1) is 7.11 Å². The third kappa shape index (κ3) is 7.04. The number of nitrogens with one attached hydrogen (secondary N) is 1. The van der Waals surface area contributed by atoms with Crippen LogP contribution in [0.15, 0.2) is 41.7 Å². The molecule has 11 heteroatoms.